The number of nitrogens with zero attached hydrogens (tertiary/aromatic N) is 5. The summed E-state index contributed by atoms with van der Waals surface area (Å²) in [5.41, 5.74) is 1.58. The molecule has 1 saturated heterocycles. The second kappa shape index (κ2) is 7.99. The molecule has 1 aromatic carbocycles. The fraction of sp³-hybridized carbons (Fsp3) is 0.300. The first-order chi connectivity index (χ1) is 13.3. The molecule has 0 saturated carbocycles. The Balaban J connectivity index is 1.33. The third kappa shape index (κ3) is 4.13. The van der Waals surface area contributed by atoms with E-state index in [1.807, 2.05) is 41.4 Å². The number of aromatic nitrogens is 4. The van der Waals surface area contributed by atoms with E-state index < -0.39 is 0 Å². The van der Waals surface area contributed by atoms with E-state index in [1.165, 1.54) is 0 Å². The van der Waals surface area contributed by atoms with Gasteiger partial charge in [-0.05, 0) is 49.1 Å². The molecule has 1 amide bonds. The second-order valence-electron chi connectivity index (χ2n) is 6.58. The monoisotopic (exact) mass is 363 g/mol. The fourth-order valence-electron chi connectivity index (χ4n) is 3.24. The van der Waals surface area contributed by atoms with Crippen LogP contribution in [0.1, 0.15) is 23.2 Å². The Morgan fingerprint density at radius 1 is 1.07 bits per heavy atom. The van der Waals surface area contributed by atoms with Crippen molar-refractivity contribution in [2.45, 2.75) is 12.8 Å². The maximum atomic E-state index is 12.9. The summed E-state index contributed by atoms with van der Waals surface area (Å²) in [5, 5.41) is 4.22. The molecule has 0 N–H and O–H groups in total. The number of likely N-dealkylation sites (tertiary alicyclic amines) is 1. The van der Waals surface area contributed by atoms with Gasteiger partial charge in [0, 0.05) is 43.4 Å². The first-order valence-electron chi connectivity index (χ1n) is 9.09. The first kappa shape index (κ1) is 17.2. The van der Waals surface area contributed by atoms with Crippen LogP contribution in [0, 0.1) is 5.92 Å². The largest absolute Gasteiger partial charge is 0.463 e. The van der Waals surface area contributed by atoms with Gasteiger partial charge in [-0.15, -0.1) is 0 Å². The molecule has 3 heterocycles. The molecular weight excluding hydrogens is 342 g/mol. The average Bonchev–Trinajstić information content (AvgIpc) is 3.28. The van der Waals surface area contributed by atoms with E-state index in [0.717, 1.165) is 31.6 Å². The molecule has 0 radical (unpaired) electrons. The Kier molecular flexibility index (Phi) is 5.09. The van der Waals surface area contributed by atoms with E-state index in [1.54, 1.807) is 29.3 Å². The van der Waals surface area contributed by atoms with Crippen molar-refractivity contribution in [2.75, 3.05) is 19.7 Å². The Morgan fingerprint density at radius 2 is 1.89 bits per heavy atom. The van der Waals surface area contributed by atoms with Crippen LogP contribution in [-0.4, -0.2) is 50.3 Å². The van der Waals surface area contributed by atoms with Crippen LogP contribution in [0.15, 0.2) is 61.2 Å². The highest BCUT2D eigenvalue weighted by Crippen LogP contribution is 2.20. The number of ether oxygens (including phenoxy) is 1. The zero-order chi connectivity index (χ0) is 18.5. The Labute approximate surface area is 157 Å². The van der Waals surface area contributed by atoms with E-state index in [2.05, 4.69) is 15.1 Å². The molecule has 7 heteroatoms. The molecule has 7 nitrogen and oxygen atoms in total. The minimum Gasteiger partial charge on any atom is -0.463 e. The van der Waals surface area contributed by atoms with Gasteiger partial charge in [-0.1, -0.05) is 6.07 Å². The van der Waals surface area contributed by atoms with Crippen LogP contribution in [0.5, 0.6) is 6.01 Å². The molecule has 2 aromatic heterocycles. The molecule has 1 aliphatic rings. The number of rotatable bonds is 5. The lowest BCUT2D eigenvalue weighted by molar-refractivity contribution is 0.0657. The zero-order valence-corrected chi connectivity index (χ0v) is 14.9. The van der Waals surface area contributed by atoms with Crippen molar-refractivity contribution in [1.82, 2.24) is 24.6 Å². The van der Waals surface area contributed by atoms with Crippen LogP contribution >= 0.6 is 0 Å². The molecule has 0 unspecified atom stereocenters. The summed E-state index contributed by atoms with van der Waals surface area (Å²) in [6.45, 7) is 2.05. The number of amides is 1. The van der Waals surface area contributed by atoms with Gasteiger partial charge < -0.3 is 9.64 Å². The highest BCUT2D eigenvalue weighted by molar-refractivity contribution is 5.94. The summed E-state index contributed by atoms with van der Waals surface area (Å²) in [5.74, 6) is 0.475. The summed E-state index contributed by atoms with van der Waals surface area (Å²) in [6.07, 6.45) is 8.75. The predicted molar refractivity (Wildman–Crippen MR) is 99.7 cm³/mol. The lowest BCUT2D eigenvalue weighted by Crippen LogP contribution is -2.39. The summed E-state index contributed by atoms with van der Waals surface area (Å²) in [4.78, 5) is 22.9. The Morgan fingerprint density at radius 3 is 2.63 bits per heavy atom. The third-order valence-electron chi connectivity index (χ3n) is 4.75. The van der Waals surface area contributed by atoms with E-state index in [4.69, 9.17) is 4.74 Å². The highest BCUT2D eigenvalue weighted by atomic mass is 16.5. The molecule has 1 fully saturated rings. The molecule has 1 aliphatic heterocycles. The molecule has 27 heavy (non-hydrogen) atoms. The topological polar surface area (TPSA) is 73.1 Å². The minimum absolute atomic E-state index is 0.0646. The van der Waals surface area contributed by atoms with Gasteiger partial charge in [-0.2, -0.15) is 5.10 Å². The maximum Gasteiger partial charge on any atom is 0.316 e. The lowest BCUT2D eigenvalue weighted by atomic mass is 9.97. The normalized spacial score (nSPS) is 14.9. The quantitative estimate of drug-likeness (QED) is 0.697. The average molecular weight is 363 g/mol. The summed E-state index contributed by atoms with van der Waals surface area (Å²) in [7, 11) is 0. The van der Waals surface area contributed by atoms with Crippen LogP contribution in [0.2, 0.25) is 0 Å². The van der Waals surface area contributed by atoms with Gasteiger partial charge >= 0.3 is 6.01 Å². The van der Waals surface area contributed by atoms with Gasteiger partial charge in [-0.25, -0.2) is 14.6 Å². The Hall–Kier alpha value is -3.22. The van der Waals surface area contributed by atoms with E-state index >= 15 is 0 Å². The van der Waals surface area contributed by atoms with E-state index in [-0.39, 0.29) is 5.91 Å². The molecule has 0 aliphatic carbocycles. The van der Waals surface area contributed by atoms with Crippen LogP contribution in [0.4, 0.5) is 0 Å². The molecule has 0 spiro atoms. The van der Waals surface area contributed by atoms with Gasteiger partial charge in [0.25, 0.3) is 5.91 Å². The van der Waals surface area contributed by atoms with Crippen LogP contribution < -0.4 is 4.74 Å². The molecule has 4 rings (SSSR count). The van der Waals surface area contributed by atoms with Crippen molar-refractivity contribution in [3.63, 3.8) is 0 Å². The number of hydrogen-bond acceptors (Lipinski definition) is 5. The predicted octanol–water partition coefficient (Wildman–Crippen LogP) is 2.59. The molecule has 0 bridgehead atoms. The van der Waals surface area contributed by atoms with Gasteiger partial charge in [0.2, 0.25) is 0 Å². The Bertz CT molecular complexity index is 874. The van der Waals surface area contributed by atoms with E-state index in [9.17, 15) is 4.79 Å². The number of benzene rings is 1. The first-order valence-corrected chi connectivity index (χ1v) is 9.09. The second-order valence-corrected chi connectivity index (χ2v) is 6.58. The smallest absolute Gasteiger partial charge is 0.316 e. The van der Waals surface area contributed by atoms with Crippen molar-refractivity contribution in [2.24, 2.45) is 5.92 Å². The zero-order valence-electron chi connectivity index (χ0n) is 14.9. The van der Waals surface area contributed by atoms with Crippen LogP contribution in [-0.2, 0) is 0 Å². The van der Waals surface area contributed by atoms with Crippen molar-refractivity contribution in [3.8, 4) is 11.7 Å². The van der Waals surface area contributed by atoms with Gasteiger partial charge in [0.15, 0.2) is 0 Å². The summed E-state index contributed by atoms with van der Waals surface area (Å²) < 4.78 is 7.40. The standard InChI is InChI=1S/C20H21N5O2/c26-19(17-4-1-5-18(14-17)25-11-3-10-23-25)24-12-6-16(7-13-24)15-27-20-21-8-2-9-22-20/h1-5,8-11,14,16H,6-7,12-13,15H2. The van der Waals surface area contributed by atoms with Crippen LogP contribution in [0.25, 0.3) is 5.69 Å². The van der Waals surface area contributed by atoms with Crippen LogP contribution in [0.3, 0.4) is 0 Å². The van der Waals surface area contributed by atoms with Crippen molar-refractivity contribution < 1.29 is 9.53 Å². The number of hydrogen-bond donors (Lipinski definition) is 0. The van der Waals surface area contributed by atoms with Crippen molar-refractivity contribution in [1.29, 1.82) is 0 Å². The maximum absolute atomic E-state index is 12.9. The van der Waals surface area contributed by atoms with Gasteiger partial charge in [-0.3, -0.25) is 4.79 Å². The van der Waals surface area contributed by atoms with Gasteiger partial charge in [0.05, 0.1) is 12.3 Å². The molecule has 0 atom stereocenters. The lowest BCUT2D eigenvalue weighted by Gasteiger charge is -2.31. The van der Waals surface area contributed by atoms with E-state index in [0.29, 0.717) is 24.1 Å². The summed E-state index contributed by atoms with van der Waals surface area (Å²) >= 11 is 0. The van der Waals surface area contributed by atoms with Gasteiger partial charge in [0.1, 0.15) is 0 Å². The number of piperidine rings is 1. The highest BCUT2D eigenvalue weighted by Gasteiger charge is 2.24. The minimum atomic E-state index is 0.0646. The number of carbonyl (C=O) groups is 1. The fourth-order valence-corrected chi connectivity index (χ4v) is 3.24. The molecular formula is C20H21N5O2. The number of carbonyl (C=O) groups excluding carboxylic acids is 1. The molecule has 138 valence electrons. The molecule has 3 aromatic rings. The summed E-state index contributed by atoms with van der Waals surface area (Å²) in [6, 6.07) is 11.6. The SMILES string of the molecule is O=C(c1cccc(-n2cccn2)c1)N1CCC(COc2ncccn2)CC1. The van der Waals surface area contributed by atoms with Crippen molar-refractivity contribution in [3.05, 3.63) is 66.7 Å². The van der Waals surface area contributed by atoms with Crippen molar-refractivity contribution >= 4 is 5.91 Å². The third-order valence-corrected chi connectivity index (χ3v) is 4.75.